The monoisotopic (exact) mass is 276 g/mol. The van der Waals surface area contributed by atoms with Gasteiger partial charge in [0.1, 0.15) is 11.9 Å². The normalized spacial score (nSPS) is 22.6. The summed E-state index contributed by atoms with van der Waals surface area (Å²) in [6.07, 6.45) is 2.45. The highest BCUT2D eigenvalue weighted by molar-refractivity contribution is 5.85. The molecule has 1 aliphatic carbocycles. The van der Waals surface area contributed by atoms with Crippen LogP contribution < -0.4 is 20.7 Å². The molecule has 0 spiro atoms. The number of hydrogen-bond donors (Lipinski definition) is 2. The number of rotatable bonds is 4. The Morgan fingerprint density at radius 1 is 1.50 bits per heavy atom. The standard InChI is InChI=1S/C14H20N4O2/c1-9-13(19)16-6-7-18(9)12-5-4-11(15)14(17-12)20-8-10-2-3-10/h4-5,9-10H,2-3,6-8,15H2,1H3,(H,16,19). The summed E-state index contributed by atoms with van der Waals surface area (Å²) in [4.78, 5) is 18.2. The molecule has 1 atom stereocenters. The molecule has 108 valence electrons. The Bertz CT molecular complexity index is 516. The molecule has 0 aromatic carbocycles. The highest BCUT2D eigenvalue weighted by atomic mass is 16.5. The van der Waals surface area contributed by atoms with E-state index in [2.05, 4.69) is 10.3 Å². The van der Waals surface area contributed by atoms with Gasteiger partial charge in [-0.05, 0) is 37.8 Å². The van der Waals surface area contributed by atoms with Crippen molar-refractivity contribution in [2.45, 2.75) is 25.8 Å². The third kappa shape index (κ3) is 2.64. The van der Waals surface area contributed by atoms with Crippen LogP contribution in [0, 0.1) is 5.92 Å². The first kappa shape index (κ1) is 13.0. The largest absolute Gasteiger partial charge is 0.476 e. The predicted octanol–water partition coefficient (Wildman–Crippen LogP) is 0.777. The maximum atomic E-state index is 11.7. The number of pyridine rings is 1. The summed E-state index contributed by atoms with van der Waals surface area (Å²) in [7, 11) is 0. The average molecular weight is 276 g/mol. The molecular weight excluding hydrogens is 256 g/mol. The van der Waals surface area contributed by atoms with Gasteiger partial charge in [0.25, 0.3) is 0 Å². The highest BCUT2D eigenvalue weighted by Crippen LogP contribution is 2.31. The first-order valence-corrected chi connectivity index (χ1v) is 7.09. The number of piperazine rings is 1. The molecule has 3 rings (SSSR count). The van der Waals surface area contributed by atoms with Gasteiger partial charge in [0.05, 0.1) is 12.3 Å². The van der Waals surface area contributed by atoms with Crippen molar-refractivity contribution in [1.29, 1.82) is 0 Å². The van der Waals surface area contributed by atoms with Crippen molar-refractivity contribution in [3.05, 3.63) is 12.1 Å². The van der Waals surface area contributed by atoms with Gasteiger partial charge in [-0.3, -0.25) is 4.79 Å². The molecule has 3 N–H and O–H groups in total. The maximum Gasteiger partial charge on any atom is 0.242 e. The molecule has 20 heavy (non-hydrogen) atoms. The van der Waals surface area contributed by atoms with E-state index in [0.717, 1.165) is 12.4 Å². The van der Waals surface area contributed by atoms with Crippen molar-refractivity contribution < 1.29 is 9.53 Å². The molecule has 0 radical (unpaired) electrons. The van der Waals surface area contributed by atoms with E-state index in [1.807, 2.05) is 17.9 Å². The van der Waals surface area contributed by atoms with E-state index in [0.29, 0.717) is 30.6 Å². The lowest BCUT2D eigenvalue weighted by atomic mass is 10.2. The summed E-state index contributed by atoms with van der Waals surface area (Å²) in [5.74, 6) is 1.90. The van der Waals surface area contributed by atoms with Crippen LogP contribution in [0.1, 0.15) is 19.8 Å². The number of amides is 1. The van der Waals surface area contributed by atoms with Crippen LogP contribution in [-0.2, 0) is 4.79 Å². The second-order valence-corrected chi connectivity index (χ2v) is 5.48. The highest BCUT2D eigenvalue weighted by Gasteiger charge is 2.27. The summed E-state index contributed by atoms with van der Waals surface area (Å²) in [6, 6.07) is 3.41. The first-order valence-electron chi connectivity index (χ1n) is 7.09. The molecule has 1 aliphatic heterocycles. The maximum absolute atomic E-state index is 11.7. The minimum absolute atomic E-state index is 0.0234. The minimum atomic E-state index is -0.226. The zero-order valence-electron chi connectivity index (χ0n) is 11.6. The van der Waals surface area contributed by atoms with Gasteiger partial charge in [0.2, 0.25) is 11.8 Å². The van der Waals surface area contributed by atoms with Crippen molar-refractivity contribution >= 4 is 17.4 Å². The van der Waals surface area contributed by atoms with E-state index in [4.69, 9.17) is 10.5 Å². The molecule has 1 saturated carbocycles. The topological polar surface area (TPSA) is 80.5 Å². The summed E-state index contributed by atoms with van der Waals surface area (Å²) in [6.45, 7) is 3.92. The van der Waals surface area contributed by atoms with E-state index < -0.39 is 0 Å². The fourth-order valence-corrected chi connectivity index (χ4v) is 2.29. The second-order valence-electron chi connectivity index (χ2n) is 5.48. The summed E-state index contributed by atoms with van der Waals surface area (Å²) in [5, 5.41) is 2.84. The van der Waals surface area contributed by atoms with Crippen molar-refractivity contribution in [3.63, 3.8) is 0 Å². The third-order valence-corrected chi connectivity index (χ3v) is 3.82. The van der Waals surface area contributed by atoms with Crippen LogP contribution >= 0.6 is 0 Å². The third-order valence-electron chi connectivity index (χ3n) is 3.82. The van der Waals surface area contributed by atoms with Crippen LogP contribution in [0.15, 0.2) is 12.1 Å². The number of nitrogen functional groups attached to an aromatic ring is 1. The van der Waals surface area contributed by atoms with Gasteiger partial charge in [-0.15, -0.1) is 0 Å². The molecule has 2 heterocycles. The number of nitrogens with zero attached hydrogens (tertiary/aromatic N) is 2. The van der Waals surface area contributed by atoms with Crippen molar-refractivity contribution in [3.8, 4) is 5.88 Å². The van der Waals surface area contributed by atoms with E-state index in [1.165, 1.54) is 12.8 Å². The Morgan fingerprint density at radius 2 is 2.30 bits per heavy atom. The number of nitrogens with two attached hydrogens (primary N) is 1. The van der Waals surface area contributed by atoms with Gasteiger partial charge < -0.3 is 20.7 Å². The minimum Gasteiger partial charge on any atom is -0.476 e. The zero-order valence-corrected chi connectivity index (χ0v) is 11.6. The number of nitrogens with one attached hydrogen (secondary N) is 1. The average Bonchev–Trinajstić information content (AvgIpc) is 3.25. The molecule has 1 unspecified atom stereocenters. The number of ether oxygens (including phenoxy) is 1. The zero-order chi connectivity index (χ0) is 14.1. The number of carbonyl (C=O) groups is 1. The van der Waals surface area contributed by atoms with Gasteiger partial charge in [-0.25, -0.2) is 0 Å². The summed E-state index contributed by atoms with van der Waals surface area (Å²) in [5.41, 5.74) is 6.45. The van der Waals surface area contributed by atoms with Crippen LogP contribution in [0.5, 0.6) is 5.88 Å². The van der Waals surface area contributed by atoms with Crippen LogP contribution in [-0.4, -0.2) is 36.6 Å². The van der Waals surface area contributed by atoms with Crippen molar-refractivity contribution in [2.75, 3.05) is 30.3 Å². The van der Waals surface area contributed by atoms with Gasteiger partial charge in [-0.2, -0.15) is 4.98 Å². The molecule has 1 aromatic rings. The number of aromatic nitrogens is 1. The van der Waals surface area contributed by atoms with Gasteiger partial charge in [0, 0.05) is 13.1 Å². The van der Waals surface area contributed by atoms with Crippen molar-refractivity contribution in [2.24, 2.45) is 5.92 Å². The summed E-state index contributed by atoms with van der Waals surface area (Å²) < 4.78 is 5.69. The quantitative estimate of drug-likeness (QED) is 0.849. The van der Waals surface area contributed by atoms with Gasteiger partial charge in [0.15, 0.2) is 0 Å². The lowest BCUT2D eigenvalue weighted by Gasteiger charge is -2.33. The number of carbonyl (C=O) groups excluding carboxylic acids is 1. The van der Waals surface area contributed by atoms with Crippen LogP contribution in [0.2, 0.25) is 0 Å². The Hall–Kier alpha value is -1.98. The van der Waals surface area contributed by atoms with E-state index in [-0.39, 0.29) is 11.9 Å². The molecule has 1 saturated heterocycles. The molecule has 2 fully saturated rings. The molecule has 6 heteroatoms. The molecule has 2 aliphatic rings. The van der Waals surface area contributed by atoms with Crippen LogP contribution in [0.4, 0.5) is 11.5 Å². The lowest BCUT2D eigenvalue weighted by Crippen LogP contribution is -2.54. The molecule has 0 bridgehead atoms. The van der Waals surface area contributed by atoms with Gasteiger partial charge >= 0.3 is 0 Å². The number of anilines is 2. The van der Waals surface area contributed by atoms with E-state index in [9.17, 15) is 4.79 Å². The fraction of sp³-hybridized carbons (Fsp3) is 0.571. The Morgan fingerprint density at radius 3 is 3.05 bits per heavy atom. The van der Waals surface area contributed by atoms with E-state index in [1.54, 1.807) is 6.07 Å². The molecule has 1 amide bonds. The molecule has 6 nitrogen and oxygen atoms in total. The van der Waals surface area contributed by atoms with Crippen molar-refractivity contribution in [1.82, 2.24) is 10.3 Å². The van der Waals surface area contributed by atoms with Gasteiger partial charge in [-0.1, -0.05) is 0 Å². The van der Waals surface area contributed by atoms with Crippen LogP contribution in [0.25, 0.3) is 0 Å². The number of hydrogen-bond acceptors (Lipinski definition) is 5. The lowest BCUT2D eigenvalue weighted by molar-refractivity contribution is -0.122. The second kappa shape index (κ2) is 5.19. The summed E-state index contributed by atoms with van der Waals surface area (Å²) >= 11 is 0. The smallest absolute Gasteiger partial charge is 0.242 e. The fourth-order valence-electron chi connectivity index (χ4n) is 2.29. The first-order chi connectivity index (χ1) is 9.65. The molecular formula is C14H20N4O2. The Balaban J connectivity index is 1.78. The van der Waals surface area contributed by atoms with E-state index >= 15 is 0 Å². The Labute approximate surface area is 118 Å². The van der Waals surface area contributed by atoms with Crippen LogP contribution in [0.3, 0.4) is 0 Å². The SMILES string of the molecule is CC1C(=O)NCCN1c1ccc(N)c(OCC2CC2)n1. The molecule has 1 aromatic heterocycles. The Kier molecular flexibility index (Phi) is 3.38. The predicted molar refractivity (Wildman–Crippen MR) is 76.7 cm³/mol.